The van der Waals surface area contributed by atoms with Crippen LogP contribution in [0.15, 0.2) is 29.2 Å². The van der Waals surface area contributed by atoms with Gasteiger partial charge in [-0.1, -0.05) is 12.5 Å². The average Bonchev–Trinajstić information content (AvgIpc) is 2.00. The molecule has 30 N–H and O–H groups in total. The third-order valence-corrected chi connectivity index (χ3v) is 15.1. The first-order valence-electron chi connectivity index (χ1n) is 31.5. The molecule has 0 aromatic carbocycles. The molecule has 10 atom stereocenters. The van der Waals surface area contributed by atoms with E-state index in [1.54, 1.807) is 6.08 Å². The fourth-order valence-electron chi connectivity index (χ4n) is 9.91. The van der Waals surface area contributed by atoms with Gasteiger partial charge in [-0.15, -0.1) is 0 Å². The standard InChI is InChI=1S/C57H106N22O12/c1-67-38(15-3-6-22-59)51(86)77-48(45(82)31-64)55(90)78-47(44(81)30-63)54(89)71-33-46(83)73-40(17-10-25-62)56(91)79-28-12-18-42(79)53(88)76-41(29-36-32-68-34-72-36)52(87)74-37(14-2-5-21-58)43(80)20-19-35(13-11-27-70-57(65)66)49(84)75-39(16-4-7-23-60)50(85)69-26-9-8-24-61/h13,32,34,37-42,44-45,47-48,67,81-82H,2-12,14-31,33,58-64H2,1H3,(H,68,72)(H,69,85)(H,71,89)(H,73,83)(H,74,87)(H,75,84)(H,76,88)(H,77,86)(H,78,90)(H4,65,66,70)/b35-13+/t37-,38-,39-,40+,41-,42-,44-,45-,47-,48-/m0/s1. The Morgan fingerprint density at radius 1 is 0.637 bits per heavy atom. The van der Waals surface area contributed by atoms with Crippen LogP contribution in [0.25, 0.3) is 0 Å². The number of amides is 9. The Balaban J connectivity index is 2.35. The molecule has 1 aliphatic rings. The number of hydrogen-bond donors (Lipinski definition) is 21. The molecule has 1 aromatic heterocycles. The van der Waals surface area contributed by atoms with Crippen LogP contribution < -0.4 is 99.5 Å². The van der Waals surface area contributed by atoms with Crippen LogP contribution in [0.3, 0.4) is 0 Å². The number of hydrogen-bond acceptors (Lipinski definition) is 22. The summed E-state index contributed by atoms with van der Waals surface area (Å²) in [7, 11) is 1.53. The van der Waals surface area contributed by atoms with Gasteiger partial charge in [0.05, 0.1) is 37.2 Å². The van der Waals surface area contributed by atoms with Gasteiger partial charge in [-0.05, 0) is 143 Å². The van der Waals surface area contributed by atoms with Gasteiger partial charge >= 0.3 is 0 Å². The number of likely N-dealkylation sites (tertiary alicyclic amines) is 1. The zero-order valence-electron chi connectivity index (χ0n) is 52.7. The predicted molar refractivity (Wildman–Crippen MR) is 341 cm³/mol. The molecule has 9 amide bonds. The first-order valence-corrected chi connectivity index (χ1v) is 31.5. The van der Waals surface area contributed by atoms with Gasteiger partial charge in [0.15, 0.2) is 11.7 Å². The quantitative estimate of drug-likeness (QED) is 0.0125. The number of carbonyl (C=O) groups excluding carboxylic acids is 10. The molecule has 1 aliphatic heterocycles. The number of carbonyl (C=O) groups is 10. The van der Waals surface area contributed by atoms with Crippen LogP contribution in [0.1, 0.15) is 121 Å². The van der Waals surface area contributed by atoms with Crippen molar-refractivity contribution in [3.8, 4) is 0 Å². The fraction of sp³-hybridized carbons (Fsp3) is 0.719. The molecule has 2 rings (SSSR count). The molecule has 516 valence electrons. The first-order chi connectivity index (χ1) is 43.6. The summed E-state index contributed by atoms with van der Waals surface area (Å²) in [6.07, 6.45) is 6.89. The van der Waals surface area contributed by atoms with Crippen molar-refractivity contribution < 1.29 is 58.2 Å². The van der Waals surface area contributed by atoms with Crippen molar-refractivity contribution in [2.45, 2.75) is 183 Å². The number of likely N-dealkylation sites (N-methyl/N-ethyl adjacent to an activating group) is 1. The summed E-state index contributed by atoms with van der Waals surface area (Å²) >= 11 is 0. The summed E-state index contributed by atoms with van der Waals surface area (Å²) in [5.41, 5.74) is 51.6. The number of nitrogens with one attached hydrogen (secondary N) is 10. The van der Waals surface area contributed by atoms with Crippen LogP contribution >= 0.6 is 0 Å². The fourth-order valence-corrected chi connectivity index (χ4v) is 9.91. The van der Waals surface area contributed by atoms with Crippen LogP contribution in [0.5, 0.6) is 0 Å². The van der Waals surface area contributed by atoms with Crippen LogP contribution in [0.4, 0.5) is 0 Å². The second kappa shape index (κ2) is 45.9. The second-order valence-electron chi connectivity index (χ2n) is 22.2. The lowest BCUT2D eigenvalue weighted by atomic mass is 9.97. The first kappa shape index (κ1) is 79.8. The topological polar surface area (TPSA) is 598 Å². The van der Waals surface area contributed by atoms with E-state index in [1.165, 1.54) is 24.5 Å². The molecule has 1 saturated heterocycles. The molecule has 0 unspecified atom stereocenters. The number of unbranched alkanes of at least 4 members (excludes halogenated alkanes) is 4. The van der Waals surface area contributed by atoms with E-state index in [0.29, 0.717) is 103 Å². The Morgan fingerprint density at radius 3 is 1.79 bits per heavy atom. The molecular formula is C57H106N22O12. The highest BCUT2D eigenvalue weighted by atomic mass is 16.3. The molecule has 1 aromatic rings. The molecule has 91 heavy (non-hydrogen) atoms. The van der Waals surface area contributed by atoms with Gasteiger partial charge in [-0.2, -0.15) is 0 Å². The number of guanidine groups is 1. The van der Waals surface area contributed by atoms with Crippen molar-refractivity contribution in [1.82, 2.24) is 62.7 Å². The Kier molecular flexibility index (Phi) is 40.2. The van der Waals surface area contributed by atoms with Crippen molar-refractivity contribution in [3.63, 3.8) is 0 Å². The summed E-state index contributed by atoms with van der Waals surface area (Å²) < 4.78 is 0. The third-order valence-electron chi connectivity index (χ3n) is 15.1. The Morgan fingerprint density at radius 2 is 1.21 bits per heavy atom. The molecule has 0 bridgehead atoms. The highest BCUT2D eigenvalue weighted by Gasteiger charge is 2.40. The van der Waals surface area contributed by atoms with Gasteiger partial charge in [0.2, 0.25) is 53.2 Å². The number of imidazole rings is 1. The van der Waals surface area contributed by atoms with E-state index in [2.05, 4.69) is 62.8 Å². The minimum Gasteiger partial charge on any atom is -0.389 e. The van der Waals surface area contributed by atoms with E-state index in [4.69, 9.17) is 51.6 Å². The maximum absolute atomic E-state index is 14.5. The van der Waals surface area contributed by atoms with Crippen molar-refractivity contribution in [2.75, 3.05) is 79.0 Å². The van der Waals surface area contributed by atoms with Gasteiger partial charge in [-0.3, -0.25) is 52.9 Å². The van der Waals surface area contributed by atoms with Crippen LogP contribution in [0, 0.1) is 0 Å². The molecule has 34 nitrogen and oxygen atoms in total. The van der Waals surface area contributed by atoms with Crippen molar-refractivity contribution >= 4 is 64.9 Å². The SMILES string of the molecule is CN[C@@H](CCCCN)C(=O)N[C@H](C(=O)N[C@H](C(=O)NCC(=O)N[C@H](CCCN)C(=O)N1CCC[C@H]1C(=O)N[C@@H](Cc1cnc[nH]1)C(=O)N[C@@H](CCCCN)C(=O)CC/C(=C\CCN=C(N)N)C(=O)N[C@@H](CCCCN)C(=O)NCCCCN)[C@@H](O)CN)[C@@H](O)CN. The average molecular weight is 1290 g/mol. The molecule has 34 heteroatoms. The number of nitrogens with two attached hydrogens (primary N) is 9. The number of aliphatic hydroxyl groups excluding tert-OH is 2. The number of ketones is 1. The summed E-state index contributed by atoms with van der Waals surface area (Å²) in [5.74, 6) is -7.50. The molecule has 0 radical (unpaired) electrons. The molecule has 2 heterocycles. The number of aliphatic hydroxyl groups is 2. The molecule has 0 spiro atoms. The highest BCUT2D eigenvalue weighted by Crippen LogP contribution is 2.21. The summed E-state index contributed by atoms with van der Waals surface area (Å²) in [4.78, 5) is 151. The summed E-state index contributed by atoms with van der Waals surface area (Å²) in [5, 5.41) is 45.1. The van der Waals surface area contributed by atoms with Gasteiger partial charge in [0, 0.05) is 63.0 Å². The second-order valence-corrected chi connectivity index (χ2v) is 22.2. The van der Waals surface area contributed by atoms with Crippen molar-refractivity contribution in [2.24, 2.45) is 56.6 Å². The Bertz CT molecular complexity index is 2450. The molecule has 1 fully saturated rings. The van der Waals surface area contributed by atoms with E-state index >= 15 is 0 Å². The normalized spacial score (nSPS) is 16.1. The lowest BCUT2D eigenvalue weighted by Crippen LogP contribution is -2.63. The monoisotopic (exact) mass is 1290 g/mol. The summed E-state index contributed by atoms with van der Waals surface area (Å²) in [6, 6.07) is -10.1. The third kappa shape index (κ3) is 30.1. The minimum absolute atomic E-state index is 0.00431. The number of H-pyrrole nitrogens is 1. The lowest BCUT2D eigenvalue weighted by molar-refractivity contribution is -0.142. The Hall–Kier alpha value is -7.28. The zero-order valence-corrected chi connectivity index (χ0v) is 52.7. The van der Waals surface area contributed by atoms with Crippen LogP contribution in [0.2, 0.25) is 0 Å². The number of rotatable bonds is 49. The number of aromatic nitrogens is 2. The summed E-state index contributed by atoms with van der Waals surface area (Å²) in [6.45, 7) is 0.334. The van der Waals surface area contributed by atoms with Gasteiger partial charge in [0.1, 0.15) is 36.3 Å². The lowest BCUT2D eigenvalue weighted by Gasteiger charge is -2.30. The molecule has 0 saturated carbocycles. The van der Waals surface area contributed by atoms with Crippen molar-refractivity contribution in [3.05, 3.63) is 29.9 Å². The minimum atomic E-state index is -1.81. The molecule has 0 aliphatic carbocycles. The van der Waals surface area contributed by atoms with E-state index in [9.17, 15) is 58.2 Å². The van der Waals surface area contributed by atoms with E-state index in [-0.39, 0.29) is 95.0 Å². The zero-order chi connectivity index (χ0) is 67.7. The van der Waals surface area contributed by atoms with Gasteiger partial charge in [-0.25, -0.2) is 4.98 Å². The predicted octanol–water partition coefficient (Wildman–Crippen LogP) is -7.88. The molecular weight excluding hydrogens is 1180 g/mol. The van der Waals surface area contributed by atoms with E-state index in [0.717, 1.165) is 0 Å². The maximum atomic E-state index is 14.5. The van der Waals surface area contributed by atoms with Crippen LogP contribution in [-0.2, 0) is 54.4 Å². The number of aliphatic imine (C=N–C) groups is 1. The number of Topliss-reactive ketones (excluding diaryl/α,β-unsaturated/α-hetero) is 1. The van der Waals surface area contributed by atoms with Crippen LogP contribution in [-0.4, -0.2) is 230 Å². The van der Waals surface area contributed by atoms with Gasteiger partial charge in [0.25, 0.3) is 0 Å². The number of aromatic amines is 1. The van der Waals surface area contributed by atoms with Crippen molar-refractivity contribution in [1.29, 1.82) is 0 Å². The smallest absolute Gasteiger partial charge is 0.247 e. The van der Waals surface area contributed by atoms with E-state index < -0.39 is 133 Å². The Labute approximate surface area is 532 Å². The largest absolute Gasteiger partial charge is 0.389 e. The van der Waals surface area contributed by atoms with Gasteiger partial charge < -0.3 is 120 Å². The maximum Gasteiger partial charge on any atom is 0.247 e. The highest BCUT2D eigenvalue weighted by molar-refractivity contribution is 5.99. The number of nitrogens with zero attached hydrogens (tertiary/aromatic N) is 3. The van der Waals surface area contributed by atoms with E-state index in [1.807, 2.05) is 0 Å².